The van der Waals surface area contributed by atoms with Crippen molar-refractivity contribution in [1.82, 2.24) is 9.97 Å². The molecule has 0 saturated heterocycles. The van der Waals surface area contributed by atoms with Crippen LogP contribution in [0, 0.1) is 5.92 Å². The van der Waals surface area contributed by atoms with Gasteiger partial charge in [-0.15, -0.1) is 0 Å². The Morgan fingerprint density at radius 1 is 0.571 bits per heavy atom. The third-order valence-electron chi connectivity index (χ3n) is 7.60. The van der Waals surface area contributed by atoms with E-state index >= 15 is 0 Å². The molecule has 1 unspecified atom stereocenters. The summed E-state index contributed by atoms with van der Waals surface area (Å²) in [7, 11) is 0. The minimum Gasteiger partial charge on any atom is -0.236 e. The molecule has 0 amide bonds. The lowest BCUT2D eigenvalue weighted by Gasteiger charge is -2.07. The van der Waals surface area contributed by atoms with Gasteiger partial charge in [-0.25, -0.2) is 9.97 Å². The smallest absolute Gasteiger partial charge is 0.159 e. The standard InChI is InChI=1S/C33H54N2/c1-4-6-7-8-9-10-11-12-13-14-18-21-30-23-25-32(26-24-30)33-34-27-31(28-35-33)22-19-16-15-17-20-29(3)5-2/h23-29H,4-22H2,1-3H3. The number of nitrogens with zero attached hydrogens (tertiary/aromatic N) is 2. The summed E-state index contributed by atoms with van der Waals surface area (Å²) >= 11 is 0. The van der Waals surface area contributed by atoms with E-state index in [-0.39, 0.29) is 0 Å². The predicted molar refractivity (Wildman–Crippen MR) is 154 cm³/mol. The second kappa shape index (κ2) is 19.5. The summed E-state index contributed by atoms with van der Waals surface area (Å²) in [6, 6.07) is 8.92. The molecule has 35 heavy (non-hydrogen) atoms. The van der Waals surface area contributed by atoms with E-state index < -0.39 is 0 Å². The number of benzene rings is 1. The maximum absolute atomic E-state index is 4.65. The Morgan fingerprint density at radius 2 is 1.06 bits per heavy atom. The highest BCUT2D eigenvalue weighted by Gasteiger charge is 2.03. The summed E-state index contributed by atoms with van der Waals surface area (Å²) in [5.41, 5.74) is 3.84. The van der Waals surface area contributed by atoms with Gasteiger partial charge in [0.05, 0.1) is 0 Å². The van der Waals surface area contributed by atoms with Crippen LogP contribution in [0.3, 0.4) is 0 Å². The van der Waals surface area contributed by atoms with Gasteiger partial charge >= 0.3 is 0 Å². The molecule has 2 aromatic rings. The first kappa shape index (κ1) is 29.5. The highest BCUT2D eigenvalue weighted by molar-refractivity contribution is 5.55. The SMILES string of the molecule is CCCCCCCCCCCCCc1ccc(-c2ncc(CCCCCCC(C)CC)cn2)cc1. The minimum absolute atomic E-state index is 0.851. The van der Waals surface area contributed by atoms with Crippen LogP contribution in [0.25, 0.3) is 11.4 Å². The number of hydrogen-bond donors (Lipinski definition) is 0. The van der Waals surface area contributed by atoms with Crippen molar-refractivity contribution < 1.29 is 0 Å². The summed E-state index contributed by atoms with van der Waals surface area (Å²) in [5.74, 6) is 1.73. The van der Waals surface area contributed by atoms with E-state index in [1.807, 2.05) is 12.4 Å². The molecule has 196 valence electrons. The van der Waals surface area contributed by atoms with E-state index in [0.29, 0.717) is 0 Å². The van der Waals surface area contributed by atoms with Crippen molar-refractivity contribution in [2.24, 2.45) is 5.92 Å². The van der Waals surface area contributed by atoms with Crippen LogP contribution in [0.15, 0.2) is 36.7 Å². The topological polar surface area (TPSA) is 25.8 Å². The summed E-state index contributed by atoms with van der Waals surface area (Å²) in [4.78, 5) is 9.30. The first-order valence-electron chi connectivity index (χ1n) is 15.1. The highest BCUT2D eigenvalue weighted by Crippen LogP contribution is 2.19. The van der Waals surface area contributed by atoms with Crippen molar-refractivity contribution >= 4 is 0 Å². The molecule has 1 heterocycles. The van der Waals surface area contributed by atoms with Gasteiger partial charge in [0, 0.05) is 18.0 Å². The lowest BCUT2D eigenvalue weighted by Crippen LogP contribution is -1.94. The van der Waals surface area contributed by atoms with E-state index in [4.69, 9.17) is 0 Å². The average molecular weight is 479 g/mol. The molecule has 0 aliphatic carbocycles. The van der Waals surface area contributed by atoms with Crippen LogP contribution < -0.4 is 0 Å². The Labute approximate surface area is 217 Å². The largest absolute Gasteiger partial charge is 0.236 e. The third kappa shape index (κ3) is 13.8. The number of aryl methyl sites for hydroxylation is 2. The molecule has 0 bridgehead atoms. The van der Waals surface area contributed by atoms with Crippen molar-refractivity contribution in [2.45, 2.75) is 143 Å². The molecule has 2 nitrogen and oxygen atoms in total. The Morgan fingerprint density at radius 3 is 1.60 bits per heavy atom. The molecule has 1 atom stereocenters. The molecule has 0 N–H and O–H groups in total. The number of rotatable bonds is 21. The molecular weight excluding hydrogens is 424 g/mol. The van der Waals surface area contributed by atoms with Gasteiger partial charge in [0.15, 0.2) is 5.82 Å². The van der Waals surface area contributed by atoms with E-state index in [1.54, 1.807) is 0 Å². The van der Waals surface area contributed by atoms with Gasteiger partial charge in [0.2, 0.25) is 0 Å². The Kier molecular flexibility index (Phi) is 16.4. The third-order valence-corrected chi connectivity index (χ3v) is 7.60. The summed E-state index contributed by atoms with van der Waals surface area (Å²) in [5, 5.41) is 0. The fourth-order valence-corrected chi connectivity index (χ4v) is 4.83. The lowest BCUT2D eigenvalue weighted by atomic mass is 10.00. The van der Waals surface area contributed by atoms with Crippen LogP contribution in [-0.2, 0) is 12.8 Å². The molecule has 1 aromatic carbocycles. The fraction of sp³-hybridized carbons (Fsp3) is 0.697. The highest BCUT2D eigenvalue weighted by atomic mass is 14.9. The van der Waals surface area contributed by atoms with Gasteiger partial charge in [0.25, 0.3) is 0 Å². The lowest BCUT2D eigenvalue weighted by molar-refractivity contribution is 0.474. The molecule has 0 fully saturated rings. The van der Waals surface area contributed by atoms with Gasteiger partial charge in [-0.3, -0.25) is 0 Å². The second-order valence-corrected chi connectivity index (χ2v) is 10.9. The van der Waals surface area contributed by atoms with Crippen molar-refractivity contribution in [1.29, 1.82) is 0 Å². The average Bonchev–Trinajstić information content (AvgIpc) is 2.90. The molecule has 1 aromatic heterocycles. The molecule has 0 spiro atoms. The zero-order chi connectivity index (χ0) is 25.0. The first-order chi connectivity index (χ1) is 17.2. The zero-order valence-corrected chi connectivity index (χ0v) is 23.4. The van der Waals surface area contributed by atoms with Gasteiger partial charge in [0.1, 0.15) is 0 Å². The monoisotopic (exact) mass is 478 g/mol. The summed E-state index contributed by atoms with van der Waals surface area (Å²) in [6.07, 6.45) is 29.8. The van der Waals surface area contributed by atoms with Crippen LogP contribution in [-0.4, -0.2) is 9.97 Å². The molecule has 0 aliphatic heterocycles. The van der Waals surface area contributed by atoms with Crippen LogP contribution in [0.5, 0.6) is 0 Å². The summed E-state index contributed by atoms with van der Waals surface area (Å²) in [6.45, 7) is 6.95. The van der Waals surface area contributed by atoms with Crippen LogP contribution >= 0.6 is 0 Å². The van der Waals surface area contributed by atoms with Crippen molar-refractivity contribution in [2.75, 3.05) is 0 Å². The molecular formula is C33H54N2. The van der Waals surface area contributed by atoms with Crippen molar-refractivity contribution in [3.8, 4) is 11.4 Å². The maximum atomic E-state index is 4.65. The van der Waals surface area contributed by atoms with Crippen molar-refractivity contribution in [3.05, 3.63) is 47.8 Å². The number of unbranched alkanes of at least 4 members (excludes halogenated alkanes) is 13. The summed E-state index contributed by atoms with van der Waals surface area (Å²) < 4.78 is 0. The first-order valence-corrected chi connectivity index (χ1v) is 15.1. The van der Waals surface area contributed by atoms with Gasteiger partial charge in [-0.05, 0) is 42.7 Å². The molecule has 0 radical (unpaired) electrons. The minimum atomic E-state index is 0.851. The number of aromatic nitrogens is 2. The second-order valence-electron chi connectivity index (χ2n) is 10.9. The fourth-order valence-electron chi connectivity index (χ4n) is 4.83. The molecule has 0 saturated carbocycles. The Balaban J connectivity index is 1.56. The van der Waals surface area contributed by atoms with Crippen LogP contribution in [0.1, 0.15) is 141 Å². The van der Waals surface area contributed by atoms with E-state index in [2.05, 4.69) is 55.0 Å². The number of hydrogen-bond acceptors (Lipinski definition) is 2. The normalized spacial score (nSPS) is 12.2. The molecule has 0 aliphatic rings. The van der Waals surface area contributed by atoms with Crippen LogP contribution in [0.2, 0.25) is 0 Å². The van der Waals surface area contributed by atoms with Gasteiger partial charge < -0.3 is 0 Å². The molecule has 2 rings (SSSR count). The van der Waals surface area contributed by atoms with E-state index in [1.165, 1.54) is 127 Å². The zero-order valence-electron chi connectivity index (χ0n) is 23.4. The van der Waals surface area contributed by atoms with Gasteiger partial charge in [-0.1, -0.05) is 141 Å². The quantitative estimate of drug-likeness (QED) is 0.167. The van der Waals surface area contributed by atoms with Gasteiger partial charge in [-0.2, -0.15) is 0 Å². The molecule has 2 heteroatoms. The van der Waals surface area contributed by atoms with Crippen molar-refractivity contribution in [3.63, 3.8) is 0 Å². The van der Waals surface area contributed by atoms with E-state index in [9.17, 15) is 0 Å². The predicted octanol–water partition coefficient (Wildman–Crippen LogP) is 10.5. The maximum Gasteiger partial charge on any atom is 0.159 e. The Bertz CT molecular complexity index is 735. The van der Waals surface area contributed by atoms with Crippen LogP contribution in [0.4, 0.5) is 0 Å². The Hall–Kier alpha value is -1.70. The van der Waals surface area contributed by atoms with E-state index in [0.717, 1.165) is 23.7 Å².